The highest BCUT2D eigenvalue weighted by molar-refractivity contribution is 8.00. The first-order valence-electron chi connectivity index (χ1n) is 10.8. The van der Waals surface area contributed by atoms with E-state index in [1.807, 2.05) is 60.0 Å². The molecule has 1 aliphatic heterocycles. The van der Waals surface area contributed by atoms with Crippen LogP contribution in [0.1, 0.15) is 6.92 Å². The SMILES string of the molecule is C=CCn1c(SC(C)C(=O)Nc2ccc(N3CCOCC3)cc2)nnc1-c1ccc(Cl)cc1. The zero-order valence-corrected chi connectivity index (χ0v) is 20.0. The summed E-state index contributed by atoms with van der Waals surface area (Å²) in [6.45, 7) is 9.47. The van der Waals surface area contributed by atoms with Gasteiger partial charge in [0.15, 0.2) is 11.0 Å². The third-order valence-corrected chi connectivity index (χ3v) is 6.63. The number of aromatic nitrogens is 3. The van der Waals surface area contributed by atoms with E-state index in [-0.39, 0.29) is 11.2 Å². The summed E-state index contributed by atoms with van der Waals surface area (Å²) in [5.41, 5.74) is 2.79. The maximum atomic E-state index is 12.8. The van der Waals surface area contributed by atoms with E-state index in [4.69, 9.17) is 16.3 Å². The third-order valence-electron chi connectivity index (χ3n) is 5.29. The molecule has 1 N–H and O–H groups in total. The maximum absolute atomic E-state index is 12.8. The number of carbonyl (C=O) groups is 1. The molecule has 1 fully saturated rings. The Bertz CT molecular complexity index is 1100. The molecule has 33 heavy (non-hydrogen) atoms. The number of nitrogens with zero attached hydrogens (tertiary/aromatic N) is 4. The predicted molar refractivity (Wildman–Crippen MR) is 134 cm³/mol. The molecule has 1 unspecified atom stereocenters. The summed E-state index contributed by atoms with van der Waals surface area (Å²) >= 11 is 7.37. The van der Waals surface area contributed by atoms with Gasteiger partial charge in [-0.2, -0.15) is 0 Å². The molecule has 4 rings (SSSR count). The van der Waals surface area contributed by atoms with Crippen molar-refractivity contribution in [3.05, 3.63) is 66.2 Å². The monoisotopic (exact) mass is 483 g/mol. The van der Waals surface area contributed by atoms with Crippen LogP contribution in [0.15, 0.2) is 66.3 Å². The van der Waals surface area contributed by atoms with E-state index in [1.54, 1.807) is 6.08 Å². The highest BCUT2D eigenvalue weighted by atomic mass is 35.5. The van der Waals surface area contributed by atoms with Crippen molar-refractivity contribution < 1.29 is 9.53 Å². The van der Waals surface area contributed by atoms with Crippen molar-refractivity contribution in [3.63, 3.8) is 0 Å². The molecule has 1 aliphatic rings. The van der Waals surface area contributed by atoms with Gasteiger partial charge in [-0.15, -0.1) is 16.8 Å². The van der Waals surface area contributed by atoms with Gasteiger partial charge < -0.3 is 15.0 Å². The van der Waals surface area contributed by atoms with Crippen LogP contribution in [0.3, 0.4) is 0 Å². The number of anilines is 2. The Balaban J connectivity index is 1.42. The fourth-order valence-corrected chi connectivity index (χ4v) is 4.50. The second kappa shape index (κ2) is 10.9. The Morgan fingerprint density at radius 2 is 1.88 bits per heavy atom. The molecule has 1 saturated heterocycles. The van der Waals surface area contributed by atoms with Crippen molar-refractivity contribution in [1.29, 1.82) is 0 Å². The minimum atomic E-state index is -0.366. The fraction of sp³-hybridized carbons (Fsp3) is 0.292. The largest absolute Gasteiger partial charge is 0.378 e. The van der Waals surface area contributed by atoms with Gasteiger partial charge in [0.1, 0.15) is 0 Å². The Labute approximate surface area is 202 Å². The minimum Gasteiger partial charge on any atom is -0.378 e. The number of morpholine rings is 1. The number of hydrogen-bond acceptors (Lipinski definition) is 6. The van der Waals surface area contributed by atoms with Crippen molar-refractivity contribution >= 4 is 40.6 Å². The molecule has 1 aromatic heterocycles. The molecule has 1 atom stereocenters. The number of carbonyl (C=O) groups excluding carboxylic acids is 1. The number of thioether (sulfide) groups is 1. The molecule has 2 heterocycles. The molecule has 2 aromatic carbocycles. The van der Waals surface area contributed by atoms with Gasteiger partial charge in [0.25, 0.3) is 0 Å². The number of halogens is 1. The Kier molecular flexibility index (Phi) is 7.69. The van der Waals surface area contributed by atoms with Crippen molar-refractivity contribution in [2.24, 2.45) is 0 Å². The zero-order chi connectivity index (χ0) is 23.2. The molecular weight excluding hydrogens is 458 g/mol. The van der Waals surface area contributed by atoms with E-state index in [0.29, 0.717) is 22.5 Å². The van der Waals surface area contributed by atoms with E-state index >= 15 is 0 Å². The minimum absolute atomic E-state index is 0.0969. The van der Waals surface area contributed by atoms with Crippen LogP contribution in [-0.2, 0) is 16.1 Å². The van der Waals surface area contributed by atoms with E-state index < -0.39 is 0 Å². The first-order valence-corrected chi connectivity index (χ1v) is 12.0. The number of rotatable bonds is 8. The maximum Gasteiger partial charge on any atom is 0.237 e. The van der Waals surface area contributed by atoms with Crippen molar-refractivity contribution in [2.75, 3.05) is 36.5 Å². The molecular formula is C24H26ClN5O2S. The van der Waals surface area contributed by atoms with Crippen molar-refractivity contribution in [2.45, 2.75) is 23.9 Å². The summed E-state index contributed by atoms with van der Waals surface area (Å²) in [5, 5.41) is 12.6. The lowest BCUT2D eigenvalue weighted by molar-refractivity contribution is -0.115. The van der Waals surface area contributed by atoms with Gasteiger partial charge in [0.2, 0.25) is 5.91 Å². The molecule has 0 aliphatic carbocycles. The van der Waals surface area contributed by atoms with E-state index in [0.717, 1.165) is 43.2 Å². The predicted octanol–water partition coefficient (Wildman–Crippen LogP) is 4.74. The van der Waals surface area contributed by atoms with E-state index in [1.165, 1.54) is 11.8 Å². The van der Waals surface area contributed by atoms with Crippen molar-refractivity contribution in [3.8, 4) is 11.4 Å². The van der Waals surface area contributed by atoms with Crippen LogP contribution in [0.25, 0.3) is 11.4 Å². The Morgan fingerprint density at radius 1 is 1.18 bits per heavy atom. The van der Waals surface area contributed by atoms with Gasteiger partial charge in [-0.25, -0.2) is 0 Å². The molecule has 0 spiro atoms. The van der Waals surface area contributed by atoms with Crippen LogP contribution in [0, 0.1) is 0 Å². The quantitative estimate of drug-likeness (QED) is 0.368. The van der Waals surface area contributed by atoms with Crippen LogP contribution in [0.4, 0.5) is 11.4 Å². The number of ether oxygens (including phenoxy) is 1. The topological polar surface area (TPSA) is 72.3 Å². The second-order valence-corrected chi connectivity index (χ2v) is 9.35. The summed E-state index contributed by atoms with van der Waals surface area (Å²) in [7, 11) is 0. The summed E-state index contributed by atoms with van der Waals surface area (Å²) in [5.74, 6) is 0.612. The number of nitrogens with one attached hydrogen (secondary N) is 1. The Hall–Kier alpha value is -2.81. The molecule has 1 amide bonds. The van der Waals surface area contributed by atoms with Gasteiger partial charge in [-0.1, -0.05) is 29.4 Å². The molecule has 3 aromatic rings. The summed E-state index contributed by atoms with van der Waals surface area (Å²) in [4.78, 5) is 15.1. The fourth-order valence-electron chi connectivity index (χ4n) is 3.51. The lowest BCUT2D eigenvalue weighted by Gasteiger charge is -2.28. The number of benzene rings is 2. The van der Waals surface area contributed by atoms with Crippen LogP contribution < -0.4 is 10.2 Å². The molecule has 172 valence electrons. The number of hydrogen-bond donors (Lipinski definition) is 1. The third kappa shape index (κ3) is 5.76. The molecule has 7 nitrogen and oxygen atoms in total. The van der Waals surface area contributed by atoms with Crippen LogP contribution in [0.5, 0.6) is 0 Å². The van der Waals surface area contributed by atoms with E-state index in [9.17, 15) is 4.79 Å². The highest BCUT2D eigenvalue weighted by Gasteiger charge is 2.21. The van der Waals surface area contributed by atoms with Crippen LogP contribution in [0.2, 0.25) is 5.02 Å². The van der Waals surface area contributed by atoms with Crippen LogP contribution >= 0.6 is 23.4 Å². The number of amides is 1. The summed E-state index contributed by atoms with van der Waals surface area (Å²) < 4.78 is 7.35. The van der Waals surface area contributed by atoms with Crippen LogP contribution in [-0.4, -0.2) is 52.2 Å². The van der Waals surface area contributed by atoms with E-state index in [2.05, 4.69) is 27.0 Å². The lowest BCUT2D eigenvalue weighted by atomic mass is 10.2. The van der Waals surface area contributed by atoms with Gasteiger partial charge in [-0.05, 0) is 55.5 Å². The first-order chi connectivity index (χ1) is 16.0. The smallest absolute Gasteiger partial charge is 0.237 e. The molecule has 0 bridgehead atoms. The normalized spacial score (nSPS) is 14.7. The summed E-state index contributed by atoms with van der Waals surface area (Å²) in [6.07, 6.45) is 1.79. The molecule has 0 radical (unpaired) electrons. The van der Waals surface area contributed by atoms with Crippen molar-refractivity contribution in [1.82, 2.24) is 14.8 Å². The average Bonchev–Trinajstić information content (AvgIpc) is 3.23. The zero-order valence-electron chi connectivity index (χ0n) is 18.4. The molecule has 0 saturated carbocycles. The second-order valence-electron chi connectivity index (χ2n) is 7.61. The lowest BCUT2D eigenvalue weighted by Crippen LogP contribution is -2.36. The first kappa shape index (κ1) is 23.4. The Morgan fingerprint density at radius 3 is 2.55 bits per heavy atom. The number of allylic oxidation sites excluding steroid dienone is 1. The summed E-state index contributed by atoms with van der Waals surface area (Å²) in [6, 6.07) is 15.3. The van der Waals surface area contributed by atoms with Gasteiger partial charge in [0.05, 0.1) is 18.5 Å². The standard InChI is InChI=1S/C24H26ClN5O2S/c1-3-12-30-22(18-4-6-19(25)7-5-18)27-28-24(30)33-17(2)23(31)26-20-8-10-21(11-9-20)29-13-15-32-16-14-29/h3-11,17H,1,12-16H2,2H3,(H,26,31). The highest BCUT2D eigenvalue weighted by Crippen LogP contribution is 2.28. The van der Waals surface area contributed by atoms with Gasteiger partial charge >= 0.3 is 0 Å². The van der Waals surface area contributed by atoms with Gasteiger partial charge in [-0.3, -0.25) is 9.36 Å². The average molecular weight is 484 g/mol. The molecule has 9 heteroatoms. The van der Waals surface area contributed by atoms with Gasteiger partial charge in [0, 0.05) is 41.6 Å².